The van der Waals surface area contributed by atoms with Crippen molar-refractivity contribution in [3.05, 3.63) is 53.1 Å². The number of rotatable bonds is 1. The van der Waals surface area contributed by atoms with E-state index in [1.54, 1.807) is 0 Å². The lowest BCUT2D eigenvalue weighted by Crippen LogP contribution is -2.24. The number of benzene rings is 2. The normalized spacial score (nSPS) is 14.8. The van der Waals surface area contributed by atoms with Crippen LogP contribution in [0.2, 0.25) is 0 Å². The van der Waals surface area contributed by atoms with Crippen LogP contribution in [-0.4, -0.2) is 6.54 Å². The summed E-state index contributed by atoms with van der Waals surface area (Å²) in [4.78, 5) is 0. The molecule has 5 heteroatoms. The monoisotopic (exact) mass is 292 g/mol. The summed E-state index contributed by atoms with van der Waals surface area (Å²) in [6.07, 6.45) is -3.45. The van der Waals surface area contributed by atoms with Crippen LogP contribution in [-0.2, 0) is 19.1 Å². The summed E-state index contributed by atoms with van der Waals surface area (Å²) in [5.41, 5.74) is 9.90. The molecule has 2 aromatic rings. The lowest BCUT2D eigenvalue weighted by molar-refractivity contribution is -0.137. The standard InChI is InChI=1S/C16H15F3N2/c17-16(18,19)12-3-1-10(2-4-12)15-8-13(20)7-11-9-21-6-5-14(11)15/h1-4,7-8,21H,5-6,9,20H2. The van der Waals surface area contributed by atoms with Gasteiger partial charge in [-0.25, -0.2) is 0 Å². The predicted molar refractivity (Wildman–Crippen MR) is 76.7 cm³/mol. The molecule has 3 rings (SSSR count). The minimum Gasteiger partial charge on any atom is -0.399 e. The molecule has 0 spiro atoms. The second kappa shape index (κ2) is 5.07. The van der Waals surface area contributed by atoms with Crippen LogP contribution in [0, 0.1) is 0 Å². The molecule has 1 aliphatic heterocycles. The Morgan fingerprint density at radius 1 is 1.05 bits per heavy atom. The third-order valence-corrected chi connectivity index (χ3v) is 3.76. The number of halogens is 3. The number of fused-ring (bicyclic) bond motifs is 1. The fraction of sp³-hybridized carbons (Fsp3) is 0.250. The van der Waals surface area contributed by atoms with Crippen molar-refractivity contribution in [3.8, 4) is 11.1 Å². The number of hydrogen-bond donors (Lipinski definition) is 2. The van der Waals surface area contributed by atoms with Gasteiger partial charge in [0.2, 0.25) is 0 Å². The number of anilines is 1. The van der Waals surface area contributed by atoms with Crippen molar-refractivity contribution in [2.24, 2.45) is 0 Å². The van der Waals surface area contributed by atoms with Gasteiger partial charge in [0.25, 0.3) is 0 Å². The fourth-order valence-corrected chi connectivity index (χ4v) is 2.74. The fourth-order valence-electron chi connectivity index (χ4n) is 2.74. The van der Waals surface area contributed by atoms with E-state index in [2.05, 4.69) is 5.32 Å². The molecule has 0 atom stereocenters. The first kappa shape index (κ1) is 13.9. The van der Waals surface area contributed by atoms with E-state index in [1.165, 1.54) is 17.7 Å². The van der Waals surface area contributed by atoms with Crippen LogP contribution >= 0.6 is 0 Å². The van der Waals surface area contributed by atoms with Gasteiger partial charge in [-0.05, 0) is 59.5 Å². The zero-order valence-corrected chi connectivity index (χ0v) is 11.3. The van der Waals surface area contributed by atoms with E-state index in [0.717, 1.165) is 48.3 Å². The van der Waals surface area contributed by atoms with Crippen molar-refractivity contribution >= 4 is 5.69 Å². The SMILES string of the molecule is Nc1cc2c(c(-c3ccc(C(F)(F)F)cc3)c1)CCNC2. The summed E-state index contributed by atoms with van der Waals surface area (Å²) >= 11 is 0. The molecule has 3 N–H and O–H groups in total. The summed E-state index contributed by atoms with van der Waals surface area (Å²) in [6.45, 7) is 1.61. The molecule has 0 saturated heterocycles. The van der Waals surface area contributed by atoms with Crippen LogP contribution in [0.15, 0.2) is 36.4 Å². The molecule has 0 amide bonds. The first-order valence-electron chi connectivity index (χ1n) is 6.75. The second-order valence-corrected chi connectivity index (χ2v) is 5.21. The van der Waals surface area contributed by atoms with Crippen molar-refractivity contribution in [2.45, 2.75) is 19.1 Å². The molecular formula is C16H15F3N2. The lowest BCUT2D eigenvalue weighted by Gasteiger charge is -2.21. The number of nitrogens with one attached hydrogen (secondary N) is 1. The molecule has 0 fully saturated rings. The zero-order valence-electron chi connectivity index (χ0n) is 11.3. The summed E-state index contributed by atoms with van der Waals surface area (Å²) < 4.78 is 37.9. The zero-order chi connectivity index (χ0) is 15.0. The smallest absolute Gasteiger partial charge is 0.399 e. The molecule has 0 aromatic heterocycles. The van der Waals surface area contributed by atoms with Crippen molar-refractivity contribution in [2.75, 3.05) is 12.3 Å². The third-order valence-electron chi connectivity index (χ3n) is 3.76. The van der Waals surface area contributed by atoms with Crippen molar-refractivity contribution in [3.63, 3.8) is 0 Å². The summed E-state index contributed by atoms with van der Waals surface area (Å²) in [5.74, 6) is 0. The average Bonchev–Trinajstić information content (AvgIpc) is 2.45. The van der Waals surface area contributed by atoms with Gasteiger partial charge in [0.1, 0.15) is 0 Å². The third kappa shape index (κ3) is 2.74. The Kier molecular flexibility index (Phi) is 3.37. The van der Waals surface area contributed by atoms with Crippen LogP contribution in [0.1, 0.15) is 16.7 Å². The lowest BCUT2D eigenvalue weighted by atomic mass is 9.90. The molecule has 0 radical (unpaired) electrons. The highest BCUT2D eigenvalue weighted by atomic mass is 19.4. The number of nitrogens with two attached hydrogens (primary N) is 1. The minimum absolute atomic E-state index is 0.632. The molecule has 1 heterocycles. The molecule has 1 aliphatic rings. The molecular weight excluding hydrogens is 277 g/mol. The first-order chi connectivity index (χ1) is 9.95. The highest BCUT2D eigenvalue weighted by molar-refractivity contribution is 5.73. The Labute approximate surface area is 120 Å². The van der Waals surface area contributed by atoms with Crippen LogP contribution in [0.25, 0.3) is 11.1 Å². The molecule has 2 nitrogen and oxygen atoms in total. The van der Waals surface area contributed by atoms with Gasteiger partial charge in [0.15, 0.2) is 0 Å². The Bertz CT molecular complexity index is 660. The summed E-state index contributed by atoms with van der Waals surface area (Å²) in [5, 5.41) is 3.27. The minimum atomic E-state index is -4.31. The van der Waals surface area contributed by atoms with Gasteiger partial charge in [-0.1, -0.05) is 12.1 Å². The number of nitrogen functional groups attached to an aromatic ring is 1. The molecule has 0 bridgehead atoms. The van der Waals surface area contributed by atoms with Crippen molar-refractivity contribution in [1.82, 2.24) is 5.32 Å². The maximum Gasteiger partial charge on any atom is 0.416 e. The number of alkyl halides is 3. The highest BCUT2D eigenvalue weighted by Crippen LogP contribution is 2.34. The van der Waals surface area contributed by atoms with Gasteiger partial charge >= 0.3 is 6.18 Å². The first-order valence-corrected chi connectivity index (χ1v) is 6.75. The van der Waals surface area contributed by atoms with Gasteiger partial charge in [-0.2, -0.15) is 13.2 Å². The molecule has 110 valence electrons. The average molecular weight is 292 g/mol. The largest absolute Gasteiger partial charge is 0.416 e. The Morgan fingerprint density at radius 3 is 2.43 bits per heavy atom. The molecule has 0 unspecified atom stereocenters. The molecule has 2 aromatic carbocycles. The topological polar surface area (TPSA) is 38.0 Å². The van der Waals surface area contributed by atoms with E-state index < -0.39 is 11.7 Å². The van der Waals surface area contributed by atoms with Gasteiger partial charge in [0.05, 0.1) is 5.56 Å². The van der Waals surface area contributed by atoms with Crippen LogP contribution in [0.5, 0.6) is 0 Å². The van der Waals surface area contributed by atoms with Crippen LogP contribution in [0.3, 0.4) is 0 Å². The Morgan fingerprint density at radius 2 is 1.76 bits per heavy atom. The second-order valence-electron chi connectivity index (χ2n) is 5.21. The van der Waals surface area contributed by atoms with Gasteiger partial charge in [-0.15, -0.1) is 0 Å². The van der Waals surface area contributed by atoms with Gasteiger partial charge < -0.3 is 11.1 Å². The van der Waals surface area contributed by atoms with E-state index in [1.807, 2.05) is 12.1 Å². The number of hydrogen-bond acceptors (Lipinski definition) is 2. The van der Waals surface area contributed by atoms with Gasteiger partial charge in [0, 0.05) is 12.2 Å². The quantitative estimate of drug-likeness (QED) is 0.788. The van der Waals surface area contributed by atoms with Gasteiger partial charge in [-0.3, -0.25) is 0 Å². The van der Waals surface area contributed by atoms with E-state index in [9.17, 15) is 13.2 Å². The molecule has 0 saturated carbocycles. The maximum absolute atomic E-state index is 12.6. The van der Waals surface area contributed by atoms with E-state index >= 15 is 0 Å². The van der Waals surface area contributed by atoms with Crippen molar-refractivity contribution < 1.29 is 13.2 Å². The van der Waals surface area contributed by atoms with E-state index in [0.29, 0.717) is 5.69 Å². The molecule has 21 heavy (non-hydrogen) atoms. The van der Waals surface area contributed by atoms with Crippen LogP contribution < -0.4 is 11.1 Å². The predicted octanol–water partition coefficient (Wildman–Crippen LogP) is 3.60. The summed E-state index contributed by atoms with van der Waals surface area (Å²) in [7, 11) is 0. The molecule has 0 aliphatic carbocycles. The summed E-state index contributed by atoms with van der Waals surface area (Å²) in [6, 6.07) is 9.03. The van der Waals surface area contributed by atoms with E-state index in [4.69, 9.17) is 5.73 Å². The Hall–Kier alpha value is -2.01. The maximum atomic E-state index is 12.6. The van der Waals surface area contributed by atoms with Crippen LogP contribution in [0.4, 0.5) is 18.9 Å². The van der Waals surface area contributed by atoms with Crippen molar-refractivity contribution in [1.29, 1.82) is 0 Å². The van der Waals surface area contributed by atoms with E-state index in [-0.39, 0.29) is 0 Å². The highest BCUT2D eigenvalue weighted by Gasteiger charge is 2.30. The Balaban J connectivity index is 2.06.